The molecule has 0 saturated carbocycles. The van der Waals surface area contributed by atoms with Crippen LogP contribution >= 0.6 is 0 Å². The summed E-state index contributed by atoms with van der Waals surface area (Å²) < 4.78 is 25.1. The van der Waals surface area contributed by atoms with Crippen molar-refractivity contribution >= 4 is 23.1 Å². The molecule has 0 fully saturated rings. The second kappa shape index (κ2) is 11.7. The molecule has 8 nitrogen and oxygen atoms in total. The van der Waals surface area contributed by atoms with Gasteiger partial charge in [-0.3, -0.25) is 21.1 Å². The molecule has 35 heavy (non-hydrogen) atoms. The Morgan fingerprint density at radius 1 is 1.03 bits per heavy atom. The molecule has 6 N–H and O–H groups in total. The summed E-state index contributed by atoms with van der Waals surface area (Å²) in [6.45, 7) is 6.14. The molecule has 9 heteroatoms. The van der Waals surface area contributed by atoms with E-state index in [1.165, 1.54) is 18.2 Å². The average molecular weight is 480 g/mol. The third-order valence-electron chi connectivity index (χ3n) is 4.89. The number of nitrogen functional groups attached to an aromatic ring is 1. The lowest BCUT2D eigenvalue weighted by atomic mass is 10.0. The van der Waals surface area contributed by atoms with Crippen LogP contribution in [0.5, 0.6) is 11.5 Å². The Morgan fingerprint density at radius 2 is 1.77 bits per heavy atom. The van der Waals surface area contributed by atoms with E-state index in [4.69, 9.17) is 20.6 Å². The van der Waals surface area contributed by atoms with Gasteiger partial charge in [0.25, 0.3) is 5.91 Å². The van der Waals surface area contributed by atoms with Crippen LogP contribution in [-0.4, -0.2) is 24.5 Å². The fourth-order valence-corrected chi connectivity index (χ4v) is 3.31. The smallest absolute Gasteiger partial charge is 0.265 e. The number of amidine groups is 1. The van der Waals surface area contributed by atoms with Crippen LogP contribution in [-0.2, 0) is 4.79 Å². The Bertz CT molecular complexity index is 1170. The highest BCUT2D eigenvalue weighted by atomic mass is 19.1. The molecule has 0 aromatic heterocycles. The molecule has 0 aliphatic carbocycles. The van der Waals surface area contributed by atoms with Crippen molar-refractivity contribution in [3.63, 3.8) is 0 Å². The van der Waals surface area contributed by atoms with Crippen LogP contribution in [0, 0.1) is 11.2 Å². The lowest BCUT2D eigenvalue weighted by Crippen LogP contribution is -2.37. The van der Waals surface area contributed by atoms with Gasteiger partial charge in [-0.2, -0.15) is 0 Å². The molecular weight excluding hydrogens is 449 g/mol. The Labute approximate surface area is 204 Å². The molecule has 3 aromatic rings. The molecule has 1 unspecified atom stereocenters. The number of nitrogens with two attached hydrogens (primary N) is 1. The third kappa shape index (κ3) is 7.10. The number of hydrazine groups is 1. The van der Waals surface area contributed by atoms with Gasteiger partial charge in [-0.05, 0) is 80.9 Å². The summed E-state index contributed by atoms with van der Waals surface area (Å²) in [4.78, 5) is 13.3. The summed E-state index contributed by atoms with van der Waals surface area (Å²) in [5.74, 6) is 0.209. The van der Waals surface area contributed by atoms with E-state index in [2.05, 4.69) is 16.2 Å². The van der Waals surface area contributed by atoms with Crippen molar-refractivity contribution in [2.75, 3.05) is 17.3 Å². The highest BCUT2D eigenvalue weighted by Crippen LogP contribution is 2.33. The Kier molecular flexibility index (Phi) is 8.50. The summed E-state index contributed by atoms with van der Waals surface area (Å²) in [6.07, 6.45) is -0.0486. The van der Waals surface area contributed by atoms with Gasteiger partial charge in [0.2, 0.25) is 0 Å². The summed E-state index contributed by atoms with van der Waals surface area (Å²) >= 11 is 0. The van der Waals surface area contributed by atoms with Crippen molar-refractivity contribution < 1.29 is 18.7 Å². The Hall–Kier alpha value is -4.27. The van der Waals surface area contributed by atoms with Crippen molar-refractivity contribution in [2.24, 2.45) is 5.73 Å². The molecule has 1 atom stereocenters. The number of benzene rings is 3. The average Bonchev–Trinajstić information content (AvgIpc) is 2.82. The number of amides is 1. The van der Waals surface area contributed by atoms with Crippen LogP contribution in [0.3, 0.4) is 0 Å². The Morgan fingerprint density at radius 3 is 2.40 bits per heavy atom. The molecule has 3 rings (SSSR count). The molecule has 0 heterocycles. The number of hydrogen-bond donors (Lipinski definition) is 5. The largest absolute Gasteiger partial charge is 0.490 e. The minimum Gasteiger partial charge on any atom is -0.490 e. The number of anilines is 2. The van der Waals surface area contributed by atoms with Gasteiger partial charge in [-0.15, -0.1) is 0 Å². The standard InChI is InChI=1S/C26H30FN5O3/c1-4-34-23-14-18(10-13-22(23)35-16(2)3)24(30-20-11-8-17(9-12-20)25(28)29)26(33)32-31-21-7-5-6-19(27)15-21/h5-16,24,30-31H,4H2,1-3H3,(H3,28,29)(H,32,33). The number of carbonyl (C=O) groups is 1. The topological polar surface area (TPSA) is 121 Å². The first-order chi connectivity index (χ1) is 16.8. The molecule has 0 radical (unpaired) electrons. The van der Waals surface area contributed by atoms with Crippen LogP contribution in [0.15, 0.2) is 66.7 Å². The molecule has 0 aliphatic rings. The van der Waals surface area contributed by atoms with Crippen LogP contribution in [0.4, 0.5) is 15.8 Å². The van der Waals surface area contributed by atoms with Crippen LogP contribution in [0.25, 0.3) is 0 Å². The van der Waals surface area contributed by atoms with E-state index >= 15 is 0 Å². The number of carbonyl (C=O) groups excluding carboxylic acids is 1. The second-order valence-electron chi connectivity index (χ2n) is 8.00. The van der Waals surface area contributed by atoms with Gasteiger partial charge >= 0.3 is 0 Å². The molecule has 0 spiro atoms. The maximum Gasteiger partial charge on any atom is 0.265 e. The van der Waals surface area contributed by atoms with Gasteiger partial charge < -0.3 is 20.5 Å². The van der Waals surface area contributed by atoms with E-state index in [-0.39, 0.29) is 11.9 Å². The van der Waals surface area contributed by atoms with E-state index in [1.807, 2.05) is 20.8 Å². The van der Waals surface area contributed by atoms with Crippen LogP contribution < -0.4 is 31.4 Å². The van der Waals surface area contributed by atoms with Gasteiger partial charge in [-0.1, -0.05) is 12.1 Å². The monoisotopic (exact) mass is 479 g/mol. The number of rotatable bonds is 11. The summed E-state index contributed by atoms with van der Waals surface area (Å²) in [5.41, 5.74) is 13.1. The highest BCUT2D eigenvalue weighted by Gasteiger charge is 2.23. The van der Waals surface area contributed by atoms with Crippen molar-refractivity contribution in [3.8, 4) is 11.5 Å². The predicted molar refractivity (Wildman–Crippen MR) is 135 cm³/mol. The molecule has 184 valence electrons. The second-order valence-corrected chi connectivity index (χ2v) is 8.00. The van der Waals surface area contributed by atoms with E-state index in [0.717, 1.165) is 0 Å². The van der Waals surface area contributed by atoms with Gasteiger partial charge in [0.15, 0.2) is 11.5 Å². The number of nitrogens with one attached hydrogen (secondary N) is 4. The molecule has 1 amide bonds. The molecule has 0 bridgehead atoms. The summed E-state index contributed by atoms with van der Waals surface area (Å²) in [7, 11) is 0. The number of ether oxygens (including phenoxy) is 2. The SMILES string of the molecule is CCOc1cc(C(Nc2ccc(C(=N)N)cc2)C(=O)NNc2cccc(F)c2)ccc1OC(C)C. The molecule has 0 saturated heterocycles. The lowest BCUT2D eigenvalue weighted by Gasteiger charge is -2.22. The molecular formula is C26H30FN5O3. The summed E-state index contributed by atoms with van der Waals surface area (Å²) in [6, 6.07) is 17.1. The fraction of sp³-hybridized carbons (Fsp3) is 0.231. The number of hydrogen-bond acceptors (Lipinski definition) is 6. The quantitative estimate of drug-likeness (QED) is 0.156. The van der Waals surface area contributed by atoms with E-state index in [1.54, 1.807) is 48.5 Å². The minimum absolute atomic E-state index is 0.0486. The predicted octanol–water partition coefficient (Wildman–Crippen LogP) is 4.59. The minimum atomic E-state index is -0.841. The maximum absolute atomic E-state index is 13.5. The van der Waals surface area contributed by atoms with Crippen molar-refractivity contribution in [1.29, 1.82) is 5.41 Å². The maximum atomic E-state index is 13.5. The van der Waals surface area contributed by atoms with Crippen LogP contribution in [0.1, 0.15) is 37.9 Å². The molecule has 0 aliphatic heterocycles. The first-order valence-electron chi connectivity index (χ1n) is 11.2. The third-order valence-corrected chi connectivity index (χ3v) is 4.89. The molecule has 3 aromatic carbocycles. The van der Waals surface area contributed by atoms with E-state index in [0.29, 0.717) is 40.6 Å². The lowest BCUT2D eigenvalue weighted by molar-refractivity contribution is -0.121. The van der Waals surface area contributed by atoms with Crippen molar-refractivity contribution in [2.45, 2.75) is 32.9 Å². The zero-order chi connectivity index (χ0) is 25.4. The summed E-state index contributed by atoms with van der Waals surface area (Å²) in [5, 5.41) is 10.8. The van der Waals surface area contributed by atoms with E-state index in [9.17, 15) is 9.18 Å². The van der Waals surface area contributed by atoms with Gasteiger partial charge in [0.1, 0.15) is 17.7 Å². The van der Waals surface area contributed by atoms with Crippen molar-refractivity contribution in [1.82, 2.24) is 5.43 Å². The van der Waals surface area contributed by atoms with Gasteiger partial charge in [0, 0.05) is 11.3 Å². The first-order valence-corrected chi connectivity index (χ1v) is 11.2. The normalized spacial score (nSPS) is 11.5. The van der Waals surface area contributed by atoms with Gasteiger partial charge in [-0.25, -0.2) is 4.39 Å². The zero-order valence-electron chi connectivity index (χ0n) is 19.9. The number of halogens is 1. The first kappa shape index (κ1) is 25.4. The van der Waals surface area contributed by atoms with E-state index < -0.39 is 17.8 Å². The van der Waals surface area contributed by atoms with Gasteiger partial charge in [0.05, 0.1) is 18.4 Å². The Balaban J connectivity index is 1.90. The van der Waals surface area contributed by atoms with Crippen LogP contribution in [0.2, 0.25) is 0 Å². The highest BCUT2D eigenvalue weighted by molar-refractivity contribution is 5.95. The van der Waals surface area contributed by atoms with Crippen molar-refractivity contribution in [3.05, 3.63) is 83.7 Å². The zero-order valence-corrected chi connectivity index (χ0v) is 19.9. The fourth-order valence-electron chi connectivity index (χ4n) is 3.31.